The summed E-state index contributed by atoms with van der Waals surface area (Å²) in [4.78, 5) is 24.3. The maximum Gasteiger partial charge on any atom is 0.243 e. The fourth-order valence-corrected chi connectivity index (χ4v) is 4.67. The average molecular weight is 369 g/mol. The van der Waals surface area contributed by atoms with Crippen LogP contribution in [0.25, 0.3) is 0 Å². The average Bonchev–Trinajstić information content (AvgIpc) is 2.65. The second kappa shape index (κ2) is 10.6. The lowest BCUT2D eigenvalue weighted by molar-refractivity contribution is -0.128. The molecule has 24 heavy (non-hydrogen) atoms. The van der Waals surface area contributed by atoms with Crippen molar-refractivity contribution in [2.75, 3.05) is 18.1 Å². The smallest absolute Gasteiger partial charge is 0.243 e. The molecule has 0 bridgehead atoms. The Morgan fingerprint density at radius 3 is 2.83 bits per heavy atom. The molecule has 1 unspecified atom stereocenters. The fourth-order valence-electron chi connectivity index (χ4n) is 2.36. The molecule has 7 heteroatoms. The molecule has 0 aromatic heterocycles. The number of carbonyl (C=O) groups is 2. The molecular weight excluding hydrogens is 344 g/mol. The molecule has 1 heterocycles. The summed E-state index contributed by atoms with van der Waals surface area (Å²) in [6, 6.07) is 8.64. The third kappa shape index (κ3) is 6.75. The van der Waals surface area contributed by atoms with E-state index < -0.39 is 12.1 Å². The van der Waals surface area contributed by atoms with E-state index in [9.17, 15) is 14.7 Å². The van der Waals surface area contributed by atoms with Crippen LogP contribution in [0.4, 0.5) is 0 Å². The van der Waals surface area contributed by atoms with Crippen molar-refractivity contribution in [3.8, 4) is 0 Å². The van der Waals surface area contributed by atoms with Gasteiger partial charge < -0.3 is 15.7 Å². The van der Waals surface area contributed by atoms with Gasteiger partial charge in [0.15, 0.2) is 0 Å². The van der Waals surface area contributed by atoms with Crippen molar-refractivity contribution in [1.82, 2.24) is 10.6 Å². The Morgan fingerprint density at radius 1 is 1.25 bits per heavy atom. The predicted molar refractivity (Wildman–Crippen MR) is 99.7 cm³/mol. The summed E-state index contributed by atoms with van der Waals surface area (Å²) in [5, 5.41) is 15.7. The number of aliphatic hydroxyl groups excluding tert-OH is 1. The molecule has 132 valence electrons. The summed E-state index contributed by atoms with van der Waals surface area (Å²) >= 11 is 0. The maximum atomic E-state index is 12.4. The second-order valence-corrected chi connectivity index (χ2v) is 8.34. The van der Waals surface area contributed by atoms with E-state index in [1.807, 2.05) is 30.3 Å². The van der Waals surface area contributed by atoms with Gasteiger partial charge in [0.05, 0.1) is 6.10 Å². The van der Waals surface area contributed by atoms with E-state index in [2.05, 4.69) is 10.6 Å². The zero-order chi connectivity index (χ0) is 17.2. The van der Waals surface area contributed by atoms with Crippen LogP contribution < -0.4 is 10.6 Å². The van der Waals surface area contributed by atoms with Gasteiger partial charge in [0.25, 0.3) is 0 Å². The van der Waals surface area contributed by atoms with E-state index in [0.29, 0.717) is 12.2 Å². The number of amides is 2. The predicted octanol–water partition coefficient (Wildman–Crippen LogP) is 2.28. The van der Waals surface area contributed by atoms with Gasteiger partial charge in [-0.1, -0.05) is 58.3 Å². The van der Waals surface area contributed by atoms with E-state index in [0.717, 1.165) is 30.6 Å². The van der Waals surface area contributed by atoms with Crippen molar-refractivity contribution in [3.05, 3.63) is 35.9 Å². The van der Waals surface area contributed by atoms with Crippen molar-refractivity contribution in [2.45, 2.75) is 37.8 Å². The van der Waals surface area contributed by atoms with Gasteiger partial charge in [0.1, 0.15) is 6.04 Å². The van der Waals surface area contributed by atoms with Crippen molar-refractivity contribution in [3.63, 3.8) is 0 Å². The topological polar surface area (TPSA) is 78.4 Å². The lowest BCUT2D eigenvalue weighted by atomic mass is 10.1. The highest BCUT2D eigenvalue weighted by Gasteiger charge is 2.22. The zero-order valence-electron chi connectivity index (χ0n) is 13.6. The minimum Gasteiger partial charge on any atom is -0.387 e. The van der Waals surface area contributed by atoms with Gasteiger partial charge in [0, 0.05) is 24.5 Å². The Labute approximate surface area is 150 Å². The Kier molecular flexibility index (Phi) is 8.49. The van der Waals surface area contributed by atoms with E-state index >= 15 is 0 Å². The van der Waals surface area contributed by atoms with Crippen LogP contribution >= 0.6 is 21.6 Å². The largest absolute Gasteiger partial charge is 0.387 e. The number of hydrogen-bond acceptors (Lipinski definition) is 5. The Hall–Kier alpha value is -1.18. The van der Waals surface area contributed by atoms with Crippen LogP contribution in [0, 0.1) is 0 Å². The molecule has 0 aliphatic carbocycles. The molecule has 2 atom stereocenters. The molecular formula is C17H24N2O3S2. The van der Waals surface area contributed by atoms with Gasteiger partial charge in [-0.05, 0) is 18.4 Å². The minimum absolute atomic E-state index is 0.0775. The van der Waals surface area contributed by atoms with Crippen LogP contribution in [0.3, 0.4) is 0 Å². The SMILES string of the molecule is O=C1CCCCCSSC[C@@H](C(=O)NCC(O)c2ccccc2)N1. The zero-order valence-corrected chi connectivity index (χ0v) is 15.2. The molecule has 5 nitrogen and oxygen atoms in total. The Balaban J connectivity index is 1.86. The second-order valence-electron chi connectivity index (χ2n) is 5.71. The van der Waals surface area contributed by atoms with Gasteiger partial charge in [-0.3, -0.25) is 9.59 Å². The first kappa shape index (κ1) is 19.1. The van der Waals surface area contributed by atoms with Crippen molar-refractivity contribution in [1.29, 1.82) is 0 Å². The van der Waals surface area contributed by atoms with Crippen molar-refractivity contribution in [2.24, 2.45) is 0 Å². The highest BCUT2D eigenvalue weighted by Crippen LogP contribution is 2.24. The summed E-state index contributed by atoms with van der Waals surface area (Å²) in [6.45, 7) is 0.132. The van der Waals surface area contributed by atoms with E-state index in [4.69, 9.17) is 0 Å². The molecule has 1 saturated heterocycles. The molecule has 1 aliphatic heterocycles. The molecule has 0 radical (unpaired) electrons. The van der Waals surface area contributed by atoms with Gasteiger partial charge in [-0.2, -0.15) is 0 Å². The fraction of sp³-hybridized carbons (Fsp3) is 0.529. The molecule has 1 aliphatic rings. The number of aliphatic hydroxyl groups is 1. The van der Waals surface area contributed by atoms with Crippen LogP contribution in [0.5, 0.6) is 0 Å². The van der Waals surface area contributed by atoms with Crippen LogP contribution in [-0.4, -0.2) is 41.0 Å². The highest BCUT2D eigenvalue weighted by molar-refractivity contribution is 8.76. The maximum absolute atomic E-state index is 12.4. The normalized spacial score (nSPS) is 21.2. The minimum atomic E-state index is -0.754. The van der Waals surface area contributed by atoms with Crippen LogP contribution in [0.1, 0.15) is 37.4 Å². The van der Waals surface area contributed by atoms with Crippen molar-refractivity contribution < 1.29 is 14.7 Å². The number of hydrogen-bond donors (Lipinski definition) is 3. The number of benzene rings is 1. The molecule has 0 spiro atoms. The third-order valence-electron chi connectivity index (χ3n) is 3.76. The molecule has 2 amide bonds. The summed E-state index contributed by atoms with van der Waals surface area (Å²) in [5.41, 5.74) is 0.759. The molecule has 2 rings (SSSR count). The van der Waals surface area contributed by atoms with E-state index in [1.54, 1.807) is 21.6 Å². The summed E-state index contributed by atoms with van der Waals surface area (Å²) in [5.74, 6) is 1.25. The van der Waals surface area contributed by atoms with Gasteiger partial charge in [-0.15, -0.1) is 0 Å². The van der Waals surface area contributed by atoms with Gasteiger partial charge in [0.2, 0.25) is 11.8 Å². The van der Waals surface area contributed by atoms with Crippen LogP contribution in [0.2, 0.25) is 0 Å². The van der Waals surface area contributed by atoms with Gasteiger partial charge in [-0.25, -0.2) is 0 Å². The first-order chi connectivity index (χ1) is 11.7. The number of nitrogens with one attached hydrogen (secondary N) is 2. The summed E-state index contributed by atoms with van der Waals surface area (Å²) < 4.78 is 0. The number of carbonyl (C=O) groups excluding carboxylic acids is 2. The molecule has 3 N–H and O–H groups in total. The van der Waals surface area contributed by atoms with Crippen LogP contribution in [-0.2, 0) is 9.59 Å². The quantitative estimate of drug-likeness (QED) is 0.711. The van der Waals surface area contributed by atoms with Gasteiger partial charge >= 0.3 is 0 Å². The van der Waals surface area contributed by atoms with E-state index in [1.165, 1.54) is 0 Å². The standard InChI is InChI=1S/C17H24N2O3S2/c20-15(13-7-3-1-4-8-13)11-18-17(22)14-12-24-23-10-6-2-5-9-16(21)19-14/h1,3-4,7-8,14-15,20H,2,5-6,9-12H2,(H,18,22)(H,19,21)/t14-,15?/m0/s1. The highest BCUT2D eigenvalue weighted by atomic mass is 33.1. The molecule has 1 aromatic rings. The monoisotopic (exact) mass is 368 g/mol. The van der Waals surface area contributed by atoms with E-state index in [-0.39, 0.29) is 18.4 Å². The first-order valence-electron chi connectivity index (χ1n) is 8.21. The lowest BCUT2D eigenvalue weighted by Gasteiger charge is -2.19. The molecule has 1 fully saturated rings. The third-order valence-corrected chi connectivity index (χ3v) is 6.25. The molecule has 1 aromatic carbocycles. The Bertz CT molecular complexity index is 528. The summed E-state index contributed by atoms with van der Waals surface area (Å²) in [7, 11) is 3.35. The number of rotatable bonds is 4. The van der Waals surface area contributed by atoms with Crippen molar-refractivity contribution >= 4 is 33.4 Å². The lowest BCUT2D eigenvalue weighted by Crippen LogP contribution is -2.48. The first-order valence-corrected chi connectivity index (χ1v) is 10.7. The summed E-state index contributed by atoms with van der Waals surface area (Å²) in [6.07, 6.45) is 2.71. The van der Waals surface area contributed by atoms with Crippen LogP contribution in [0.15, 0.2) is 30.3 Å². The molecule has 0 saturated carbocycles. The Morgan fingerprint density at radius 2 is 2.04 bits per heavy atom.